The fourth-order valence-corrected chi connectivity index (χ4v) is 2.25. The van der Waals surface area contributed by atoms with Gasteiger partial charge < -0.3 is 5.11 Å². The monoisotopic (exact) mass is 223 g/mol. The van der Waals surface area contributed by atoms with Gasteiger partial charge in [0, 0.05) is 19.1 Å². The molecule has 3 heteroatoms. The molecular weight excluding hydrogens is 205 g/mol. The summed E-state index contributed by atoms with van der Waals surface area (Å²) in [5.74, 6) is -0.179. The van der Waals surface area contributed by atoms with E-state index in [1.54, 1.807) is 12.1 Å². The van der Waals surface area contributed by atoms with E-state index >= 15 is 0 Å². The first-order valence-electron chi connectivity index (χ1n) is 5.84. The third kappa shape index (κ3) is 2.60. The van der Waals surface area contributed by atoms with Crippen molar-refractivity contribution in [2.45, 2.75) is 31.9 Å². The Balaban J connectivity index is 2.04. The number of nitrogens with zero attached hydrogens (tertiary/aromatic N) is 1. The lowest BCUT2D eigenvalue weighted by atomic mass is 10.0. The minimum atomic E-state index is -0.179. The van der Waals surface area contributed by atoms with E-state index in [2.05, 4.69) is 11.8 Å². The molecule has 0 unspecified atom stereocenters. The normalized spacial score (nSPS) is 20.9. The van der Waals surface area contributed by atoms with Crippen LogP contribution in [0.15, 0.2) is 24.3 Å². The lowest BCUT2D eigenvalue weighted by Gasteiger charge is -2.34. The van der Waals surface area contributed by atoms with E-state index < -0.39 is 0 Å². The maximum absolute atomic E-state index is 13.1. The highest BCUT2D eigenvalue weighted by molar-refractivity contribution is 5.19. The van der Waals surface area contributed by atoms with Crippen molar-refractivity contribution in [3.8, 4) is 0 Å². The number of hydrogen-bond donors (Lipinski definition) is 1. The maximum atomic E-state index is 13.1. The van der Waals surface area contributed by atoms with Gasteiger partial charge in [-0.05, 0) is 37.5 Å². The van der Waals surface area contributed by atoms with Gasteiger partial charge in [0.2, 0.25) is 0 Å². The minimum absolute atomic E-state index is 0.157. The topological polar surface area (TPSA) is 23.5 Å². The number of aliphatic hydroxyl groups is 1. The third-order valence-corrected chi connectivity index (χ3v) is 3.38. The van der Waals surface area contributed by atoms with Crippen LogP contribution in [0, 0.1) is 5.82 Å². The van der Waals surface area contributed by atoms with Crippen LogP contribution in [0.5, 0.6) is 0 Å². The van der Waals surface area contributed by atoms with Gasteiger partial charge in [-0.15, -0.1) is 0 Å². The number of likely N-dealkylation sites (tertiary alicyclic amines) is 1. The average molecular weight is 223 g/mol. The quantitative estimate of drug-likeness (QED) is 0.832. The Morgan fingerprint density at radius 1 is 1.38 bits per heavy atom. The second-order valence-corrected chi connectivity index (χ2v) is 4.50. The molecule has 0 spiro atoms. The minimum Gasteiger partial charge on any atom is -0.393 e. The third-order valence-electron chi connectivity index (χ3n) is 3.38. The van der Waals surface area contributed by atoms with Gasteiger partial charge in [0.15, 0.2) is 0 Å². The maximum Gasteiger partial charge on any atom is 0.123 e. The molecule has 0 saturated carbocycles. The van der Waals surface area contributed by atoms with E-state index in [1.165, 1.54) is 6.07 Å². The van der Waals surface area contributed by atoms with Crippen LogP contribution < -0.4 is 0 Å². The molecule has 2 nitrogen and oxygen atoms in total. The zero-order chi connectivity index (χ0) is 11.5. The lowest BCUT2D eigenvalue weighted by Crippen LogP contribution is -2.37. The highest BCUT2D eigenvalue weighted by atomic mass is 19.1. The van der Waals surface area contributed by atoms with E-state index in [-0.39, 0.29) is 18.0 Å². The number of halogens is 1. The van der Waals surface area contributed by atoms with Gasteiger partial charge in [-0.3, -0.25) is 4.90 Å². The predicted octanol–water partition coefficient (Wildman–Crippen LogP) is 2.34. The summed E-state index contributed by atoms with van der Waals surface area (Å²) in [4.78, 5) is 2.29. The summed E-state index contributed by atoms with van der Waals surface area (Å²) in [7, 11) is 0. The van der Waals surface area contributed by atoms with Crippen molar-refractivity contribution < 1.29 is 9.50 Å². The Kier molecular flexibility index (Phi) is 3.56. The number of hydrogen-bond acceptors (Lipinski definition) is 2. The first-order chi connectivity index (χ1) is 7.66. The molecule has 1 atom stereocenters. The Labute approximate surface area is 95.7 Å². The molecule has 2 rings (SSSR count). The summed E-state index contributed by atoms with van der Waals surface area (Å²) in [6, 6.07) is 6.99. The molecule has 1 N–H and O–H groups in total. The molecule has 1 aromatic carbocycles. The first kappa shape index (κ1) is 11.6. The summed E-state index contributed by atoms with van der Waals surface area (Å²) in [5, 5.41) is 9.44. The van der Waals surface area contributed by atoms with Crippen molar-refractivity contribution in [1.29, 1.82) is 0 Å². The SMILES string of the molecule is C[C@@H](c1cccc(F)c1)N1CCC(O)CC1. The summed E-state index contributed by atoms with van der Waals surface area (Å²) in [5.41, 5.74) is 1.01. The molecule has 0 aliphatic carbocycles. The molecule has 16 heavy (non-hydrogen) atoms. The summed E-state index contributed by atoms with van der Waals surface area (Å²) < 4.78 is 13.1. The first-order valence-corrected chi connectivity index (χ1v) is 5.84. The molecule has 88 valence electrons. The zero-order valence-corrected chi connectivity index (χ0v) is 9.56. The number of aliphatic hydroxyl groups excluding tert-OH is 1. The van der Waals surface area contributed by atoms with E-state index in [9.17, 15) is 9.50 Å². The summed E-state index contributed by atoms with van der Waals surface area (Å²) in [6.07, 6.45) is 1.48. The van der Waals surface area contributed by atoms with E-state index in [0.717, 1.165) is 31.5 Å². The van der Waals surface area contributed by atoms with E-state index in [4.69, 9.17) is 0 Å². The van der Waals surface area contributed by atoms with Gasteiger partial charge in [0.1, 0.15) is 5.82 Å². The second-order valence-electron chi connectivity index (χ2n) is 4.50. The summed E-state index contributed by atoms with van der Waals surface area (Å²) >= 11 is 0. The largest absolute Gasteiger partial charge is 0.393 e. The van der Waals surface area contributed by atoms with Crippen LogP contribution in [-0.4, -0.2) is 29.2 Å². The Morgan fingerprint density at radius 2 is 2.06 bits per heavy atom. The van der Waals surface area contributed by atoms with Gasteiger partial charge >= 0.3 is 0 Å². The molecule has 0 amide bonds. The van der Waals surface area contributed by atoms with Crippen LogP contribution in [0.2, 0.25) is 0 Å². The van der Waals surface area contributed by atoms with Crippen LogP contribution in [-0.2, 0) is 0 Å². The van der Waals surface area contributed by atoms with Gasteiger partial charge in [-0.2, -0.15) is 0 Å². The fraction of sp³-hybridized carbons (Fsp3) is 0.538. The van der Waals surface area contributed by atoms with Gasteiger partial charge in [0.25, 0.3) is 0 Å². The Bertz CT molecular complexity index is 348. The Hall–Kier alpha value is -0.930. The molecule has 1 aromatic rings. The van der Waals surface area contributed by atoms with Gasteiger partial charge in [0.05, 0.1) is 6.10 Å². The van der Waals surface area contributed by atoms with Crippen molar-refractivity contribution >= 4 is 0 Å². The average Bonchev–Trinajstić information content (AvgIpc) is 2.29. The van der Waals surface area contributed by atoms with Crippen LogP contribution in [0.4, 0.5) is 4.39 Å². The zero-order valence-electron chi connectivity index (χ0n) is 9.56. The summed E-state index contributed by atoms with van der Waals surface area (Å²) in [6.45, 7) is 3.87. The number of benzene rings is 1. The lowest BCUT2D eigenvalue weighted by molar-refractivity contribution is 0.0644. The van der Waals surface area contributed by atoms with Crippen LogP contribution in [0.3, 0.4) is 0 Å². The molecule has 0 bridgehead atoms. The fourth-order valence-electron chi connectivity index (χ4n) is 2.25. The van der Waals surface area contributed by atoms with Crippen LogP contribution in [0.25, 0.3) is 0 Å². The molecule has 0 radical (unpaired) electrons. The van der Waals surface area contributed by atoms with Crippen molar-refractivity contribution in [3.05, 3.63) is 35.6 Å². The molecular formula is C13H18FNO. The van der Waals surface area contributed by atoms with Crippen molar-refractivity contribution in [1.82, 2.24) is 4.90 Å². The smallest absolute Gasteiger partial charge is 0.123 e. The second kappa shape index (κ2) is 4.93. The molecule has 1 heterocycles. The highest BCUT2D eigenvalue weighted by Crippen LogP contribution is 2.24. The Morgan fingerprint density at radius 3 is 2.69 bits per heavy atom. The number of piperidine rings is 1. The highest BCUT2D eigenvalue weighted by Gasteiger charge is 2.22. The van der Waals surface area contributed by atoms with Crippen molar-refractivity contribution in [2.75, 3.05) is 13.1 Å². The molecule has 1 aliphatic heterocycles. The van der Waals surface area contributed by atoms with Crippen molar-refractivity contribution in [2.24, 2.45) is 0 Å². The molecule has 1 aliphatic rings. The number of rotatable bonds is 2. The molecule has 1 saturated heterocycles. The van der Waals surface area contributed by atoms with E-state index in [1.807, 2.05) is 6.07 Å². The predicted molar refractivity (Wildman–Crippen MR) is 61.6 cm³/mol. The van der Waals surface area contributed by atoms with E-state index in [0.29, 0.717) is 0 Å². The van der Waals surface area contributed by atoms with Gasteiger partial charge in [-0.25, -0.2) is 4.39 Å². The standard InChI is InChI=1S/C13H18FNO/c1-10(11-3-2-4-12(14)9-11)15-7-5-13(16)6-8-15/h2-4,9-10,13,16H,5-8H2,1H3/t10-/m0/s1. The van der Waals surface area contributed by atoms with Crippen LogP contribution >= 0.6 is 0 Å². The van der Waals surface area contributed by atoms with Crippen molar-refractivity contribution in [3.63, 3.8) is 0 Å². The molecule has 1 fully saturated rings. The van der Waals surface area contributed by atoms with Gasteiger partial charge in [-0.1, -0.05) is 12.1 Å². The van der Waals surface area contributed by atoms with Crippen LogP contribution in [0.1, 0.15) is 31.4 Å². The molecule has 0 aromatic heterocycles.